The van der Waals surface area contributed by atoms with Crippen LogP contribution in [0.15, 0.2) is 30.3 Å². The molecule has 0 radical (unpaired) electrons. The molecule has 0 fully saturated rings. The van der Waals surface area contributed by atoms with E-state index in [-0.39, 0.29) is 11.3 Å². The number of aryl methyl sites for hydroxylation is 1. The van der Waals surface area contributed by atoms with Crippen molar-refractivity contribution in [1.29, 1.82) is 0 Å². The third kappa shape index (κ3) is 2.40. The monoisotopic (exact) mass is 289 g/mol. The van der Waals surface area contributed by atoms with Gasteiger partial charge in [-0.15, -0.1) is 0 Å². The van der Waals surface area contributed by atoms with Gasteiger partial charge in [0.1, 0.15) is 17.4 Å². The normalized spacial score (nSPS) is 16.9. The van der Waals surface area contributed by atoms with Gasteiger partial charge < -0.3 is 10.1 Å². The van der Waals surface area contributed by atoms with Crippen molar-refractivity contribution in [3.05, 3.63) is 53.1 Å². The predicted octanol–water partition coefficient (Wildman–Crippen LogP) is 3.85. The zero-order valence-corrected chi connectivity index (χ0v) is 12.0. The fourth-order valence-corrected chi connectivity index (χ4v) is 3.02. The average molecular weight is 289 g/mol. The zero-order valence-electron chi connectivity index (χ0n) is 12.0. The molecule has 1 atom stereocenters. The zero-order chi connectivity index (χ0) is 15.0. The first-order chi connectivity index (χ1) is 10.1. The van der Waals surface area contributed by atoms with Gasteiger partial charge in [0.05, 0.1) is 12.7 Å². The minimum absolute atomic E-state index is 0.00603. The van der Waals surface area contributed by atoms with Gasteiger partial charge in [-0.2, -0.15) is 0 Å². The number of halogens is 2. The number of hydrogen-bond donors (Lipinski definition) is 1. The second-order valence-electron chi connectivity index (χ2n) is 5.26. The van der Waals surface area contributed by atoms with E-state index >= 15 is 0 Å². The van der Waals surface area contributed by atoms with Gasteiger partial charge in [0.2, 0.25) is 0 Å². The summed E-state index contributed by atoms with van der Waals surface area (Å²) >= 11 is 0. The first kappa shape index (κ1) is 14.0. The molecular weight excluding hydrogens is 272 g/mol. The molecule has 110 valence electrons. The number of methoxy groups -OCH3 is 1. The lowest BCUT2D eigenvalue weighted by Gasteiger charge is -2.12. The van der Waals surface area contributed by atoms with E-state index in [4.69, 9.17) is 4.74 Å². The summed E-state index contributed by atoms with van der Waals surface area (Å²) in [7, 11) is 3.32. The first-order valence-corrected chi connectivity index (χ1v) is 6.97. The molecule has 2 nitrogen and oxygen atoms in total. The fraction of sp³-hybridized carbons (Fsp3) is 0.294. The SMILES string of the molecule is CNC1CCc2cc(-c3c(F)cc(OC)cc3F)ccc21. The first-order valence-electron chi connectivity index (χ1n) is 6.97. The number of fused-ring (bicyclic) bond motifs is 1. The van der Waals surface area contributed by atoms with Crippen molar-refractivity contribution in [3.63, 3.8) is 0 Å². The number of rotatable bonds is 3. The molecule has 0 aromatic heterocycles. The summed E-state index contributed by atoms with van der Waals surface area (Å²) in [5.74, 6) is -1.02. The third-order valence-electron chi connectivity index (χ3n) is 4.11. The third-order valence-corrected chi connectivity index (χ3v) is 4.11. The summed E-state index contributed by atoms with van der Waals surface area (Å²) in [5.41, 5.74) is 2.95. The van der Waals surface area contributed by atoms with Gasteiger partial charge >= 0.3 is 0 Å². The van der Waals surface area contributed by atoms with E-state index in [1.54, 1.807) is 6.07 Å². The topological polar surface area (TPSA) is 21.3 Å². The van der Waals surface area contributed by atoms with Gasteiger partial charge in [-0.3, -0.25) is 0 Å². The molecule has 21 heavy (non-hydrogen) atoms. The van der Waals surface area contributed by atoms with Crippen LogP contribution in [-0.2, 0) is 6.42 Å². The summed E-state index contributed by atoms with van der Waals surface area (Å²) < 4.78 is 33.2. The van der Waals surface area contributed by atoms with Crippen molar-refractivity contribution >= 4 is 0 Å². The summed E-state index contributed by atoms with van der Waals surface area (Å²) in [6.45, 7) is 0. The predicted molar refractivity (Wildman–Crippen MR) is 78.5 cm³/mol. The molecule has 2 aromatic rings. The molecule has 1 N–H and O–H groups in total. The van der Waals surface area contributed by atoms with Gasteiger partial charge in [-0.1, -0.05) is 18.2 Å². The summed E-state index contributed by atoms with van der Waals surface area (Å²) in [6.07, 6.45) is 1.94. The number of benzene rings is 2. The summed E-state index contributed by atoms with van der Waals surface area (Å²) in [5, 5.41) is 3.25. The molecule has 0 amide bonds. The lowest BCUT2D eigenvalue weighted by Crippen LogP contribution is -2.12. The number of nitrogens with one attached hydrogen (secondary N) is 1. The molecule has 3 rings (SSSR count). The van der Waals surface area contributed by atoms with Gasteiger partial charge in [0.15, 0.2) is 0 Å². The summed E-state index contributed by atoms with van der Waals surface area (Å²) in [6, 6.07) is 8.38. The molecule has 0 saturated carbocycles. The second-order valence-corrected chi connectivity index (χ2v) is 5.26. The van der Waals surface area contributed by atoms with Crippen molar-refractivity contribution in [2.75, 3.05) is 14.2 Å². The van der Waals surface area contributed by atoms with Gasteiger partial charge in [-0.05, 0) is 36.6 Å². The minimum atomic E-state index is -0.602. The molecule has 0 saturated heterocycles. The fourth-order valence-electron chi connectivity index (χ4n) is 3.02. The lowest BCUT2D eigenvalue weighted by atomic mass is 9.99. The van der Waals surface area contributed by atoms with Gasteiger partial charge in [-0.25, -0.2) is 8.78 Å². The van der Waals surface area contributed by atoms with Gasteiger partial charge in [0.25, 0.3) is 0 Å². The molecule has 0 aliphatic heterocycles. The average Bonchev–Trinajstić information content (AvgIpc) is 2.88. The van der Waals surface area contributed by atoms with E-state index in [1.165, 1.54) is 24.8 Å². The van der Waals surface area contributed by atoms with Crippen molar-refractivity contribution in [1.82, 2.24) is 5.32 Å². The Hall–Kier alpha value is -1.94. The molecule has 4 heteroatoms. The van der Waals surface area contributed by atoms with E-state index in [9.17, 15) is 8.78 Å². The van der Waals surface area contributed by atoms with Crippen LogP contribution in [0.3, 0.4) is 0 Å². The van der Waals surface area contributed by atoms with Crippen LogP contribution in [0.2, 0.25) is 0 Å². The molecular formula is C17H17F2NO. The van der Waals surface area contributed by atoms with Crippen LogP contribution in [0.25, 0.3) is 11.1 Å². The van der Waals surface area contributed by atoms with Crippen LogP contribution in [-0.4, -0.2) is 14.2 Å². The Labute approximate surface area is 122 Å². The Morgan fingerprint density at radius 1 is 1.14 bits per heavy atom. The van der Waals surface area contributed by atoms with Crippen LogP contribution in [0.5, 0.6) is 5.75 Å². The van der Waals surface area contributed by atoms with Crippen molar-refractivity contribution in [2.45, 2.75) is 18.9 Å². The minimum Gasteiger partial charge on any atom is -0.497 e. The van der Waals surface area contributed by atoms with E-state index < -0.39 is 11.6 Å². The largest absolute Gasteiger partial charge is 0.497 e. The van der Waals surface area contributed by atoms with E-state index in [0.717, 1.165) is 18.4 Å². The maximum absolute atomic E-state index is 14.1. The second kappa shape index (κ2) is 5.45. The Morgan fingerprint density at radius 2 is 1.86 bits per heavy atom. The number of hydrogen-bond acceptors (Lipinski definition) is 2. The smallest absolute Gasteiger partial charge is 0.137 e. The molecule has 2 aromatic carbocycles. The molecule has 1 unspecified atom stereocenters. The Bertz CT molecular complexity index is 661. The highest BCUT2D eigenvalue weighted by atomic mass is 19.1. The van der Waals surface area contributed by atoms with E-state index in [0.29, 0.717) is 11.6 Å². The molecule has 0 bridgehead atoms. The van der Waals surface area contributed by atoms with Crippen molar-refractivity contribution in [2.24, 2.45) is 0 Å². The molecule has 1 aliphatic rings. The van der Waals surface area contributed by atoms with Crippen LogP contribution < -0.4 is 10.1 Å². The highest BCUT2D eigenvalue weighted by Crippen LogP contribution is 2.36. The van der Waals surface area contributed by atoms with E-state index in [1.807, 2.05) is 19.2 Å². The highest BCUT2D eigenvalue weighted by Gasteiger charge is 2.22. The standard InChI is InChI=1S/C17H17F2NO/c1-20-16-6-4-10-7-11(3-5-13(10)16)17-14(18)8-12(21-2)9-15(17)19/h3,5,7-9,16,20H,4,6H2,1-2H3. The van der Waals surface area contributed by atoms with E-state index in [2.05, 4.69) is 5.32 Å². The lowest BCUT2D eigenvalue weighted by molar-refractivity contribution is 0.407. The Balaban J connectivity index is 2.06. The quantitative estimate of drug-likeness (QED) is 0.926. The van der Waals surface area contributed by atoms with Crippen LogP contribution in [0, 0.1) is 11.6 Å². The van der Waals surface area contributed by atoms with Crippen LogP contribution in [0.1, 0.15) is 23.6 Å². The molecule has 0 heterocycles. The maximum atomic E-state index is 14.1. The Kier molecular flexibility index (Phi) is 3.64. The van der Waals surface area contributed by atoms with Crippen molar-refractivity contribution < 1.29 is 13.5 Å². The van der Waals surface area contributed by atoms with Gasteiger partial charge in [0, 0.05) is 18.2 Å². The molecule has 0 spiro atoms. The molecule has 1 aliphatic carbocycles. The maximum Gasteiger partial charge on any atom is 0.137 e. The Morgan fingerprint density at radius 3 is 2.48 bits per heavy atom. The number of ether oxygens (including phenoxy) is 1. The summed E-state index contributed by atoms with van der Waals surface area (Å²) in [4.78, 5) is 0. The highest BCUT2D eigenvalue weighted by molar-refractivity contribution is 5.67. The van der Waals surface area contributed by atoms with Crippen LogP contribution >= 0.6 is 0 Å². The van der Waals surface area contributed by atoms with Crippen LogP contribution in [0.4, 0.5) is 8.78 Å². The van der Waals surface area contributed by atoms with Crippen molar-refractivity contribution in [3.8, 4) is 16.9 Å².